The highest BCUT2D eigenvalue weighted by Crippen LogP contribution is 2.06. The van der Waals surface area contributed by atoms with Gasteiger partial charge in [0.15, 0.2) is 6.10 Å². The van der Waals surface area contributed by atoms with E-state index in [1.165, 1.54) is 13.8 Å². The first-order valence-corrected chi connectivity index (χ1v) is 5.27. The highest BCUT2D eigenvalue weighted by Gasteiger charge is 2.25. The van der Waals surface area contributed by atoms with Gasteiger partial charge in [-0.2, -0.15) is 0 Å². The van der Waals surface area contributed by atoms with Crippen LogP contribution in [0, 0.1) is 0 Å². The molecule has 1 aliphatic rings. The summed E-state index contributed by atoms with van der Waals surface area (Å²) in [6.07, 6.45) is -1.73. The molecule has 1 saturated heterocycles. The van der Waals surface area contributed by atoms with Gasteiger partial charge in [-0.3, -0.25) is 0 Å². The lowest BCUT2D eigenvalue weighted by atomic mass is 10.3. The van der Waals surface area contributed by atoms with Gasteiger partial charge in [-0.15, -0.1) is 0 Å². The second-order valence-corrected chi connectivity index (χ2v) is 3.64. The molecule has 0 N–H and O–H groups in total. The van der Waals surface area contributed by atoms with Crippen molar-refractivity contribution in [1.29, 1.82) is 0 Å². The van der Waals surface area contributed by atoms with E-state index in [-0.39, 0.29) is 12.2 Å². The van der Waals surface area contributed by atoms with E-state index in [1.807, 2.05) is 0 Å². The number of carbonyl (C=O) groups is 2. The van der Waals surface area contributed by atoms with Crippen molar-refractivity contribution >= 4 is 11.9 Å². The molecular formula is C11H16O6. The minimum atomic E-state index is -0.996. The van der Waals surface area contributed by atoms with Gasteiger partial charge in [0.05, 0.1) is 13.2 Å². The van der Waals surface area contributed by atoms with Crippen molar-refractivity contribution in [2.24, 2.45) is 0 Å². The molecule has 2 unspecified atom stereocenters. The first kappa shape index (κ1) is 13.7. The fraction of sp³-hybridized carbons (Fsp3) is 0.636. The van der Waals surface area contributed by atoms with Gasteiger partial charge in [-0.25, -0.2) is 9.59 Å². The quantitative estimate of drug-likeness (QED) is 0.527. The van der Waals surface area contributed by atoms with Crippen molar-refractivity contribution in [3.8, 4) is 0 Å². The van der Waals surface area contributed by atoms with Gasteiger partial charge in [0, 0.05) is 5.57 Å². The average Bonchev–Trinajstić information content (AvgIpc) is 2.29. The molecule has 0 spiro atoms. The van der Waals surface area contributed by atoms with Crippen LogP contribution >= 0.6 is 0 Å². The number of ether oxygens (including phenoxy) is 4. The summed E-state index contributed by atoms with van der Waals surface area (Å²) in [5.41, 5.74) is 0.224. The summed E-state index contributed by atoms with van der Waals surface area (Å²) in [5.74, 6) is -1.30. The Labute approximate surface area is 99.5 Å². The molecule has 2 atom stereocenters. The molecule has 17 heavy (non-hydrogen) atoms. The van der Waals surface area contributed by atoms with Crippen LogP contribution in [-0.4, -0.2) is 44.2 Å². The molecule has 6 heteroatoms. The topological polar surface area (TPSA) is 71.1 Å². The molecule has 0 aromatic heterocycles. The lowest BCUT2D eigenvalue weighted by Crippen LogP contribution is -2.36. The second kappa shape index (κ2) is 6.36. The van der Waals surface area contributed by atoms with Crippen molar-refractivity contribution in [3.63, 3.8) is 0 Å². The number of hydrogen-bond donors (Lipinski definition) is 0. The van der Waals surface area contributed by atoms with E-state index in [9.17, 15) is 9.59 Å². The highest BCUT2D eigenvalue weighted by molar-refractivity contribution is 5.89. The highest BCUT2D eigenvalue weighted by atomic mass is 16.7. The van der Waals surface area contributed by atoms with E-state index in [0.29, 0.717) is 13.2 Å². The molecule has 0 aromatic rings. The summed E-state index contributed by atoms with van der Waals surface area (Å²) in [6, 6.07) is 0. The van der Waals surface area contributed by atoms with Gasteiger partial charge >= 0.3 is 11.9 Å². The van der Waals surface area contributed by atoms with Crippen LogP contribution in [0.1, 0.15) is 13.8 Å². The maximum Gasteiger partial charge on any atom is 0.349 e. The third kappa shape index (κ3) is 4.54. The molecule has 0 radical (unpaired) electrons. The lowest BCUT2D eigenvalue weighted by molar-refractivity contribution is -0.220. The minimum absolute atomic E-state index is 0.187. The Morgan fingerprint density at radius 3 is 2.65 bits per heavy atom. The zero-order valence-electron chi connectivity index (χ0n) is 9.93. The maximum absolute atomic E-state index is 11.5. The van der Waals surface area contributed by atoms with Crippen LogP contribution in [0.25, 0.3) is 0 Å². The standard InChI is InChI=1S/C11H16O6/c1-7(2)10(12)16-8(3)11(13)17-9-6-14-4-5-15-9/h8-9H,1,4-6H2,2-3H3. The molecule has 0 bridgehead atoms. The molecule has 1 rings (SSSR count). The zero-order valence-corrected chi connectivity index (χ0v) is 9.93. The SMILES string of the molecule is C=C(C)C(=O)OC(C)C(=O)OC1COCCO1. The van der Waals surface area contributed by atoms with Crippen molar-refractivity contribution in [2.75, 3.05) is 19.8 Å². The van der Waals surface area contributed by atoms with E-state index in [4.69, 9.17) is 18.9 Å². The van der Waals surface area contributed by atoms with Crippen molar-refractivity contribution in [1.82, 2.24) is 0 Å². The largest absolute Gasteiger partial charge is 0.447 e. The predicted molar refractivity (Wildman–Crippen MR) is 57.0 cm³/mol. The number of carbonyl (C=O) groups excluding carboxylic acids is 2. The summed E-state index contributed by atoms with van der Waals surface area (Å²) in [4.78, 5) is 22.7. The molecule has 0 aromatic carbocycles. The van der Waals surface area contributed by atoms with E-state index in [0.717, 1.165) is 0 Å². The van der Waals surface area contributed by atoms with Crippen LogP contribution in [0.5, 0.6) is 0 Å². The van der Waals surface area contributed by atoms with Crippen molar-refractivity contribution in [3.05, 3.63) is 12.2 Å². The summed E-state index contributed by atoms with van der Waals surface area (Å²) in [5, 5.41) is 0. The Kier molecular flexibility index (Phi) is 5.11. The summed E-state index contributed by atoms with van der Waals surface area (Å²) < 4.78 is 19.9. The molecule has 1 aliphatic heterocycles. The molecule has 1 fully saturated rings. The monoisotopic (exact) mass is 244 g/mol. The second-order valence-electron chi connectivity index (χ2n) is 3.64. The van der Waals surface area contributed by atoms with Crippen LogP contribution < -0.4 is 0 Å². The van der Waals surface area contributed by atoms with Gasteiger partial charge in [0.2, 0.25) is 6.29 Å². The smallest absolute Gasteiger partial charge is 0.349 e. The van der Waals surface area contributed by atoms with E-state index in [1.54, 1.807) is 0 Å². The predicted octanol–water partition coefficient (Wildman–Crippen LogP) is 0.410. The number of esters is 2. The van der Waals surface area contributed by atoms with Crippen LogP contribution in [0.4, 0.5) is 0 Å². The van der Waals surface area contributed by atoms with Gasteiger partial charge in [-0.05, 0) is 13.8 Å². The van der Waals surface area contributed by atoms with Gasteiger partial charge in [-0.1, -0.05) is 6.58 Å². The Hall–Kier alpha value is -1.40. The molecule has 1 heterocycles. The Balaban J connectivity index is 2.35. The molecular weight excluding hydrogens is 228 g/mol. The fourth-order valence-electron chi connectivity index (χ4n) is 1.07. The normalized spacial score (nSPS) is 21.4. The molecule has 6 nitrogen and oxygen atoms in total. The third-order valence-electron chi connectivity index (χ3n) is 2.00. The maximum atomic E-state index is 11.5. The lowest BCUT2D eigenvalue weighted by Gasteiger charge is -2.23. The summed E-state index contributed by atoms with van der Waals surface area (Å²) in [7, 11) is 0. The average molecular weight is 244 g/mol. The van der Waals surface area contributed by atoms with Gasteiger partial charge in [0.25, 0.3) is 0 Å². The van der Waals surface area contributed by atoms with Gasteiger partial charge in [0.1, 0.15) is 6.61 Å². The van der Waals surface area contributed by atoms with E-state index >= 15 is 0 Å². The van der Waals surface area contributed by atoms with E-state index < -0.39 is 24.3 Å². The number of hydrogen-bond acceptors (Lipinski definition) is 6. The van der Waals surface area contributed by atoms with Crippen LogP contribution in [-0.2, 0) is 28.5 Å². The third-order valence-corrected chi connectivity index (χ3v) is 2.00. The zero-order chi connectivity index (χ0) is 12.8. The van der Waals surface area contributed by atoms with E-state index in [2.05, 4.69) is 6.58 Å². The Morgan fingerprint density at radius 2 is 2.12 bits per heavy atom. The Bertz CT molecular complexity index is 305. The van der Waals surface area contributed by atoms with Crippen molar-refractivity contribution in [2.45, 2.75) is 26.2 Å². The first-order chi connectivity index (χ1) is 8.00. The first-order valence-electron chi connectivity index (χ1n) is 5.27. The van der Waals surface area contributed by atoms with Crippen LogP contribution in [0.3, 0.4) is 0 Å². The summed E-state index contributed by atoms with van der Waals surface area (Å²) in [6.45, 7) is 7.37. The molecule has 0 aliphatic carbocycles. The minimum Gasteiger partial charge on any atom is -0.447 e. The van der Waals surface area contributed by atoms with Crippen LogP contribution in [0.2, 0.25) is 0 Å². The number of rotatable bonds is 4. The summed E-state index contributed by atoms with van der Waals surface area (Å²) >= 11 is 0. The van der Waals surface area contributed by atoms with Gasteiger partial charge < -0.3 is 18.9 Å². The van der Waals surface area contributed by atoms with Crippen molar-refractivity contribution < 1.29 is 28.5 Å². The molecule has 96 valence electrons. The molecule has 0 amide bonds. The Morgan fingerprint density at radius 1 is 1.41 bits per heavy atom. The fourth-order valence-corrected chi connectivity index (χ4v) is 1.07. The molecule has 0 saturated carbocycles. The van der Waals surface area contributed by atoms with Crippen LogP contribution in [0.15, 0.2) is 12.2 Å².